The molecule has 1 rings (SSSR count). The first-order valence-corrected chi connectivity index (χ1v) is 8.05. The van der Waals surface area contributed by atoms with Gasteiger partial charge in [0.2, 0.25) is 0 Å². The van der Waals surface area contributed by atoms with Crippen LogP contribution in [-0.4, -0.2) is 57.2 Å². The van der Waals surface area contributed by atoms with Crippen molar-refractivity contribution in [1.29, 1.82) is 0 Å². The Morgan fingerprint density at radius 1 is 1.09 bits per heavy atom. The number of hydrogen-bond acceptors (Lipinski definition) is 3. The third-order valence-electron chi connectivity index (χ3n) is 3.52. The van der Waals surface area contributed by atoms with Crippen molar-refractivity contribution < 1.29 is 4.74 Å². The second-order valence-corrected chi connectivity index (χ2v) is 5.11. The van der Waals surface area contributed by atoms with Crippen LogP contribution in [0.15, 0.2) is 29.3 Å². The number of rotatable bonds is 9. The lowest BCUT2D eigenvalue weighted by Gasteiger charge is -2.19. The molecule has 0 spiro atoms. The fraction of sp³-hybridized carbons (Fsp3) is 0.588. The molecule has 0 heterocycles. The topological polar surface area (TPSA) is 48.9 Å². The van der Waals surface area contributed by atoms with E-state index in [1.54, 1.807) is 7.05 Å². The number of aliphatic imine (C=N–C) groups is 1. The lowest BCUT2D eigenvalue weighted by atomic mass is 10.2. The van der Waals surface area contributed by atoms with Crippen molar-refractivity contribution in [2.45, 2.75) is 20.8 Å². The average molecular weight is 306 g/mol. The highest BCUT2D eigenvalue weighted by molar-refractivity contribution is 5.79. The number of nitrogens with zero attached hydrogens (tertiary/aromatic N) is 2. The van der Waals surface area contributed by atoms with E-state index in [1.807, 2.05) is 12.1 Å². The van der Waals surface area contributed by atoms with Gasteiger partial charge in [0.05, 0.1) is 6.54 Å². The van der Waals surface area contributed by atoms with Crippen LogP contribution in [-0.2, 0) is 0 Å². The van der Waals surface area contributed by atoms with Crippen molar-refractivity contribution in [1.82, 2.24) is 15.5 Å². The van der Waals surface area contributed by atoms with Crippen LogP contribution >= 0.6 is 0 Å². The predicted octanol–water partition coefficient (Wildman–Crippen LogP) is 1.88. The number of likely N-dealkylation sites (N-methyl/N-ethyl adjacent to an activating group) is 1. The van der Waals surface area contributed by atoms with E-state index < -0.39 is 0 Å². The molecule has 0 fully saturated rings. The highest BCUT2D eigenvalue weighted by Crippen LogP contribution is 2.10. The minimum atomic E-state index is 0.611. The van der Waals surface area contributed by atoms with E-state index in [0.717, 1.165) is 44.4 Å². The van der Waals surface area contributed by atoms with Crippen LogP contribution in [0.25, 0.3) is 0 Å². The Morgan fingerprint density at radius 2 is 1.73 bits per heavy atom. The zero-order valence-electron chi connectivity index (χ0n) is 14.4. The molecular weight excluding hydrogens is 276 g/mol. The molecular formula is C17H30N4O. The Morgan fingerprint density at radius 3 is 2.32 bits per heavy atom. The molecule has 124 valence electrons. The molecule has 22 heavy (non-hydrogen) atoms. The first-order chi connectivity index (χ1) is 10.7. The van der Waals surface area contributed by atoms with E-state index in [9.17, 15) is 0 Å². The van der Waals surface area contributed by atoms with Crippen molar-refractivity contribution in [3.05, 3.63) is 29.8 Å². The summed E-state index contributed by atoms with van der Waals surface area (Å²) < 4.78 is 5.68. The molecule has 1 aromatic rings. The molecule has 1 aromatic carbocycles. The highest BCUT2D eigenvalue weighted by atomic mass is 16.5. The minimum Gasteiger partial charge on any atom is -0.492 e. The highest BCUT2D eigenvalue weighted by Gasteiger charge is 2.00. The third kappa shape index (κ3) is 7.31. The summed E-state index contributed by atoms with van der Waals surface area (Å²) in [6.07, 6.45) is 0. The van der Waals surface area contributed by atoms with Gasteiger partial charge < -0.3 is 20.3 Å². The summed E-state index contributed by atoms with van der Waals surface area (Å²) in [5, 5.41) is 6.57. The van der Waals surface area contributed by atoms with Crippen LogP contribution in [0.1, 0.15) is 19.4 Å². The van der Waals surface area contributed by atoms with Gasteiger partial charge in [-0.25, -0.2) is 0 Å². The number of benzene rings is 1. The zero-order chi connectivity index (χ0) is 16.2. The number of aryl methyl sites for hydroxylation is 1. The van der Waals surface area contributed by atoms with E-state index in [4.69, 9.17) is 4.74 Å². The van der Waals surface area contributed by atoms with Gasteiger partial charge in [-0.15, -0.1) is 0 Å². The van der Waals surface area contributed by atoms with Gasteiger partial charge in [-0.3, -0.25) is 4.99 Å². The van der Waals surface area contributed by atoms with Gasteiger partial charge in [-0.1, -0.05) is 31.5 Å². The Kier molecular flexibility index (Phi) is 9.07. The first-order valence-electron chi connectivity index (χ1n) is 8.05. The van der Waals surface area contributed by atoms with Gasteiger partial charge in [-0.2, -0.15) is 0 Å². The van der Waals surface area contributed by atoms with Crippen molar-refractivity contribution in [2.75, 3.05) is 46.4 Å². The van der Waals surface area contributed by atoms with E-state index in [1.165, 1.54) is 5.56 Å². The lowest BCUT2D eigenvalue weighted by Crippen LogP contribution is -2.42. The van der Waals surface area contributed by atoms with Crippen LogP contribution in [0.4, 0.5) is 0 Å². The Bertz CT molecular complexity index is 427. The largest absolute Gasteiger partial charge is 0.492 e. The van der Waals surface area contributed by atoms with E-state index in [0.29, 0.717) is 6.61 Å². The Hall–Kier alpha value is -1.75. The summed E-state index contributed by atoms with van der Waals surface area (Å²) >= 11 is 0. The number of guanidine groups is 1. The van der Waals surface area contributed by atoms with Crippen LogP contribution < -0.4 is 15.4 Å². The summed E-state index contributed by atoms with van der Waals surface area (Å²) in [4.78, 5) is 6.59. The number of hydrogen-bond donors (Lipinski definition) is 2. The summed E-state index contributed by atoms with van der Waals surface area (Å²) in [6.45, 7) is 11.8. The fourth-order valence-electron chi connectivity index (χ4n) is 2.07. The predicted molar refractivity (Wildman–Crippen MR) is 93.8 cm³/mol. The molecule has 0 radical (unpaired) electrons. The molecule has 0 aliphatic rings. The monoisotopic (exact) mass is 306 g/mol. The van der Waals surface area contributed by atoms with Gasteiger partial charge in [0.25, 0.3) is 0 Å². The average Bonchev–Trinajstić information content (AvgIpc) is 2.55. The number of ether oxygens (including phenoxy) is 1. The molecule has 0 aromatic heterocycles. The second-order valence-electron chi connectivity index (χ2n) is 5.11. The minimum absolute atomic E-state index is 0.611. The summed E-state index contributed by atoms with van der Waals surface area (Å²) in [7, 11) is 1.79. The maximum atomic E-state index is 5.68. The molecule has 2 N–H and O–H groups in total. The molecule has 0 aliphatic heterocycles. The second kappa shape index (κ2) is 10.9. The first kappa shape index (κ1) is 18.3. The molecule has 0 saturated carbocycles. The van der Waals surface area contributed by atoms with Crippen molar-refractivity contribution in [2.24, 2.45) is 4.99 Å². The molecule has 5 heteroatoms. The molecule has 0 unspecified atom stereocenters. The smallest absolute Gasteiger partial charge is 0.191 e. The van der Waals surface area contributed by atoms with Crippen LogP contribution in [0.5, 0.6) is 5.75 Å². The van der Waals surface area contributed by atoms with E-state index >= 15 is 0 Å². The van der Waals surface area contributed by atoms with Gasteiger partial charge in [0.15, 0.2) is 5.96 Å². The number of nitrogens with one attached hydrogen (secondary N) is 2. The summed E-state index contributed by atoms with van der Waals surface area (Å²) in [6, 6.07) is 8.09. The van der Waals surface area contributed by atoms with Gasteiger partial charge in [-0.05, 0) is 32.1 Å². The third-order valence-corrected chi connectivity index (χ3v) is 3.52. The van der Waals surface area contributed by atoms with Crippen LogP contribution in [0, 0.1) is 6.92 Å². The molecule has 0 saturated heterocycles. The van der Waals surface area contributed by atoms with E-state index in [2.05, 4.69) is 53.4 Å². The van der Waals surface area contributed by atoms with Crippen LogP contribution in [0.2, 0.25) is 0 Å². The SMILES string of the molecule is CCN(CC)CCNC(=NC)NCCOc1ccc(C)cc1. The van der Waals surface area contributed by atoms with Gasteiger partial charge in [0, 0.05) is 20.1 Å². The molecule has 0 aliphatic carbocycles. The zero-order valence-corrected chi connectivity index (χ0v) is 14.4. The van der Waals surface area contributed by atoms with Crippen molar-refractivity contribution in [3.8, 4) is 5.75 Å². The maximum Gasteiger partial charge on any atom is 0.191 e. The van der Waals surface area contributed by atoms with Gasteiger partial charge in [0.1, 0.15) is 12.4 Å². The van der Waals surface area contributed by atoms with Crippen molar-refractivity contribution in [3.63, 3.8) is 0 Å². The normalized spacial score (nSPS) is 11.6. The molecule has 0 amide bonds. The Balaban J connectivity index is 2.17. The van der Waals surface area contributed by atoms with E-state index in [-0.39, 0.29) is 0 Å². The maximum absolute atomic E-state index is 5.68. The summed E-state index contributed by atoms with van der Waals surface area (Å²) in [5.74, 6) is 1.72. The summed E-state index contributed by atoms with van der Waals surface area (Å²) in [5.41, 5.74) is 1.24. The fourth-order valence-corrected chi connectivity index (χ4v) is 2.07. The van der Waals surface area contributed by atoms with Crippen molar-refractivity contribution >= 4 is 5.96 Å². The molecule has 0 bridgehead atoms. The molecule has 5 nitrogen and oxygen atoms in total. The Labute approximate surface area is 134 Å². The van der Waals surface area contributed by atoms with Gasteiger partial charge >= 0.3 is 0 Å². The quantitative estimate of drug-likeness (QED) is 0.415. The van der Waals surface area contributed by atoms with Crippen LogP contribution in [0.3, 0.4) is 0 Å². The molecule has 0 atom stereocenters. The standard InChI is InChI=1S/C17H30N4O/c1-5-21(6-2)13-11-19-17(18-4)20-12-14-22-16-9-7-15(3)8-10-16/h7-10H,5-6,11-14H2,1-4H3,(H2,18,19,20). The lowest BCUT2D eigenvalue weighted by molar-refractivity contribution is 0.307.